The highest BCUT2D eigenvalue weighted by molar-refractivity contribution is 6.07. The van der Waals surface area contributed by atoms with Crippen molar-refractivity contribution in [1.29, 1.82) is 0 Å². The average molecular weight is 402 g/mol. The fourth-order valence-corrected chi connectivity index (χ4v) is 3.30. The minimum absolute atomic E-state index is 0.0220. The van der Waals surface area contributed by atoms with Crippen LogP contribution in [-0.4, -0.2) is 27.3 Å². The summed E-state index contributed by atoms with van der Waals surface area (Å²) in [6, 6.07) is 14.1. The molecule has 0 saturated carbocycles. The highest BCUT2D eigenvalue weighted by Gasteiger charge is 2.32. The molecule has 0 unspecified atom stereocenters. The maximum Gasteiger partial charge on any atom is 0.255 e. The predicted molar refractivity (Wildman–Crippen MR) is 115 cm³/mol. The smallest absolute Gasteiger partial charge is 0.255 e. The van der Waals surface area contributed by atoms with Crippen LogP contribution in [0.25, 0.3) is 0 Å². The number of carbonyl (C=O) groups excluding carboxylic acids is 2. The molecule has 7 nitrogen and oxygen atoms in total. The van der Waals surface area contributed by atoms with Crippen LogP contribution in [0.2, 0.25) is 0 Å². The van der Waals surface area contributed by atoms with Crippen molar-refractivity contribution in [3.05, 3.63) is 71.7 Å². The van der Waals surface area contributed by atoms with Crippen LogP contribution in [0, 0.1) is 6.92 Å². The molecule has 2 heterocycles. The summed E-state index contributed by atoms with van der Waals surface area (Å²) < 4.78 is 5.84. The zero-order chi connectivity index (χ0) is 21.3. The van der Waals surface area contributed by atoms with Crippen LogP contribution in [0.1, 0.15) is 46.7 Å². The molecule has 2 N–H and O–H groups in total. The van der Waals surface area contributed by atoms with Gasteiger partial charge in [0.2, 0.25) is 0 Å². The standard InChI is InChI=1S/C23H22N4O3/c1-14-10-21(25-13-24-14)26-16-5-7-17(8-6-16)27-22(29)15-4-9-20-18(11-15)19(28)12-23(2,3)30-20/h4-11,13H,12H2,1-3H3,(H,27,29)(H,24,25,26). The number of hydrogen-bond acceptors (Lipinski definition) is 6. The number of nitrogens with one attached hydrogen (secondary N) is 2. The lowest BCUT2D eigenvalue weighted by atomic mass is 9.92. The first-order chi connectivity index (χ1) is 14.3. The van der Waals surface area contributed by atoms with Crippen molar-refractivity contribution in [1.82, 2.24) is 9.97 Å². The Balaban J connectivity index is 1.45. The highest BCUT2D eigenvalue weighted by atomic mass is 16.5. The van der Waals surface area contributed by atoms with Gasteiger partial charge in [-0.3, -0.25) is 9.59 Å². The van der Waals surface area contributed by atoms with Gasteiger partial charge in [-0.25, -0.2) is 9.97 Å². The molecule has 0 radical (unpaired) electrons. The molecule has 1 aromatic heterocycles. The molecule has 1 amide bonds. The number of aromatic nitrogens is 2. The molecule has 0 atom stereocenters. The van der Waals surface area contributed by atoms with E-state index in [-0.39, 0.29) is 18.1 Å². The van der Waals surface area contributed by atoms with Gasteiger partial charge >= 0.3 is 0 Å². The number of carbonyl (C=O) groups is 2. The van der Waals surface area contributed by atoms with Gasteiger partial charge in [0, 0.05) is 28.7 Å². The summed E-state index contributed by atoms with van der Waals surface area (Å²) in [4.78, 5) is 33.3. The summed E-state index contributed by atoms with van der Waals surface area (Å²) in [6.07, 6.45) is 1.78. The third-order valence-corrected chi connectivity index (χ3v) is 4.73. The Morgan fingerprint density at radius 1 is 1.03 bits per heavy atom. The van der Waals surface area contributed by atoms with Crippen molar-refractivity contribution in [3.63, 3.8) is 0 Å². The van der Waals surface area contributed by atoms with Gasteiger partial charge in [0.15, 0.2) is 5.78 Å². The number of ether oxygens (including phenoxy) is 1. The molecule has 0 saturated heterocycles. The number of Topliss-reactive ketones (excluding diaryl/α,β-unsaturated/α-hetero) is 1. The van der Waals surface area contributed by atoms with E-state index in [1.54, 1.807) is 30.3 Å². The Hall–Kier alpha value is -3.74. The fraction of sp³-hybridized carbons (Fsp3) is 0.217. The first-order valence-electron chi connectivity index (χ1n) is 9.62. The van der Waals surface area contributed by atoms with Gasteiger partial charge in [-0.2, -0.15) is 0 Å². The summed E-state index contributed by atoms with van der Waals surface area (Å²) in [7, 11) is 0. The zero-order valence-electron chi connectivity index (χ0n) is 17.0. The molecular weight excluding hydrogens is 380 g/mol. The van der Waals surface area contributed by atoms with Gasteiger partial charge in [-0.15, -0.1) is 0 Å². The van der Waals surface area contributed by atoms with E-state index in [4.69, 9.17) is 4.74 Å². The van der Waals surface area contributed by atoms with Crippen LogP contribution in [0.4, 0.5) is 17.2 Å². The van der Waals surface area contributed by atoms with Crippen LogP contribution in [0.3, 0.4) is 0 Å². The van der Waals surface area contributed by atoms with E-state index in [9.17, 15) is 9.59 Å². The lowest BCUT2D eigenvalue weighted by Gasteiger charge is -2.31. The van der Waals surface area contributed by atoms with Crippen molar-refractivity contribution in [2.75, 3.05) is 10.6 Å². The summed E-state index contributed by atoms with van der Waals surface area (Å²) in [5, 5.41) is 6.04. The normalized spacial score (nSPS) is 14.4. The number of anilines is 3. The highest BCUT2D eigenvalue weighted by Crippen LogP contribution is 2.33. The largest absolute Gasteiger partial charge is 0.487 e. The van der Waals surface area contributed by atoms with E-state index in [0.29, 0.717) is 28.4 Å². The van der Waals surface area contributed by atoms with Crippen molar-refractivity contribution < 1.29 is 14.3 Å². The predicted octanol–water partition coefficient (Wildman–Crippen LogP) is 4.52. The molecule has 2 aromatic carbocycles. The van der Waals surface area contributed by atoms with E-state index < -0.39 is 5.60 Å². The molecule has 1 aliphatic heterocycles. The Morgan fingerprint density at radius 3 is 2.50 bits per heavy atom. The lowest BCUT2D eigenvalue weighted by Crippen LogP contribution is -2.36. The number of nitrogens with zero attached hydrogens (tertiary/aromatic N) is 2. The molecule has 152 valence electrons. The molecule has 0 spiro atoms. The zero-order valence-corrected chi connectivity index (χ0v) is 17.0. The van der Waals surface area contributed by atoms with E-state index in [1.807, 2.05) is 39.0 Å². The van der Waals surface area contributed by atoms with E-state index in [1.165, 1.54) is 6.33 Å². The van der Waals surface area contributed by atoms with Crippen LogP contribution in [-0.2, 0) is 0 Å². The number of fused-ring (bicyclic) bond motifs is 1. The van der Waals surface area contributed by atoms with E-state index in [2.05, 4.69) is 20.6 Å². The van der Waals surface area contributed by atoms with E-state index >= 15 is 0 Å². The van der Waals surface area contributed by atoms with Gasteiger partial charge in [-0.1, -0.05) is 0 Å². The van der Waals surface area contributed by atoms with Crippen molar-refractivity contribution in [2.24, 2.45) is 0 Å². The Labute approximate surface area is 174 Å². The Morgan fingerprint density at radius 2 is 1.77 bits per heavy atom. The van der Waals surface area contributed by atoms with Crippen LogP contribution < -0.4 is 15.4 Å². The summed E-state index contributed by atoms with van der Waals surface area (Å²) in [5.74, 6) is 0.903. The minimum Gasteiger partial charge on any atom is -0.487 e. The van der Waals surface area contributed by atoms with Gasteiger partial charge in [0.25, 0.3) is 5.91 Å². The van der Waals surface area contributed by atoms with Crippen molar-refractivity contribution in [2.45, 2.75) is 32.8 Å². The number of benzene rings is 2. The molecule has 30 heavy (non-hydrogen) atoms. The fourth-order valence-electron chi connectivity index (χ4n) is 3.30. The number of rotatable bonds is 4. The number of amides is 1. The maximum atomic E-state index is 12.7. The second kappa shape index (κ2) is 7.59. The summed E-state index contributed by atoms with van der Waals surface area (Å²) in [5.41, 5.74) is 2.67. The van der Waals surface area contributed by atoms with E-state index in [0.717, 1.165) is 11.4 Å². The first kappa shape index (κ1) is 19.6. The third kappa shape index (κ3) is 4.30. The molecule has 3 aromatic rings. The first-order valence-corrected chi connectivity index (χ1v) is 9.62. The second-order valence-corrected chi connectivity index (χ2v) is 7.87. The molecule has 4 rings (SSSR count). The van der Waals surface area contributed by atoms with Crippen LogP contribution in [0.15, 0.2) is 54.9 Å². The van der Waals surface area contributed by atoms with Gasteiger partial charge in [0.05, 0.1) is 12.0 Å². The monoisotopic (exact) mass is 402 g/mol. The molecular formula is C23H22N4O3. The summed E-state index contributed by atoms with van der Waals surface area (Å²) >= 11 is 0. The molecule has 1 aliphatic rings. The van der Waals surface area contributed by atoms with Crippen LogP contribution in [0.5, 0.6) is 5.75 Å². The summed E-state index contributed by atoms with van der Waals surface area (Å²) in [6.45, 7) is 5.64. The van der Waals surface area contributed by atoms with Crippen LogP contribution >= 0.6 is 0 Å². The minimum atomic E-state index is -0.534. The molecule has 0 fully saturated rings. The molecule has 0 bridgehead atoms. The lowest BCUT2D eigenvalue weighted by molar-refractivity contribution is 0.0620. The average Bonchev–Trinajstić information content (AvgIpc) is 2.68. The second-order valence-electron chi connectivity index (χ2n) is 7.87. The van der Waals surface area contributed by atoms with Gasteiger partial charge in [0.1, 0.15) is 23.5 Å². The molecule has 7 heteroatoms. The van der Waals surface area contributed by atoms with Gasteiger partial charge in [-0.05, 0) is 63.2 Å². The number of hydrogen-bond donors (Lipinski definition) is 2. The molecule has 0 aliphatic carbocycles. The van der Waals surface area contributed by atoms with Crippen molar-refractivity contribution >= 4 is 28.9 Å². The topological polar surface area (TPSA) is 93.2 Å². The Bertz CT molecular complexity index is 1120. The quantitative estimate of drug-likeness (QED) is 0.666. The van der Waals surface area contributed by atoms with Crippen molar-refractivity contribution in [3.8, 4) is 5.75 Å². The van der Waals surface area contributed by atoms with Gasteiger partial charge < -0.3 is 15.4 Å². The Kier molecular flexibility index (Phi) is 4.95. The number of ketones is 1. The SMILES string of the molecule is Cc1cc(Nc2ccc(NC(=O)c3ccc4c(c3)C(=O)CC(C)(C)O4)cc2)ncn1. The third-order valence-electron chi connectivity index (χ3n) is 4.73. The maximum absolute atomic E-state index is 12.7. The number of aryl methyl sites for hydroxylation is 1.